The van der Waals surface area contributed by atoms with Crippen molar-refractivity contribution in [3.63, 3.8) is 0 Å². The predicted octanol–water partition coefficient (Wildman–Crippen LogP) is 0.544. The van der Waals surface area contributed by atoms with Gasteiger partial charge in [0.15, 0.2) is 0 Å². The number of aromatic nitrogens is 2. The lowest BCUT2D eigenvalue weighted by Gasteiger charge is -2.17. The fourth-order valence-electron chi connectivity index (χ4n) is 1.21. The zero-order chi connectivity index (χ0) is 11.4. The highest BCUT2D eigenvalue weighted by molar-refractivity contribution is 6.29. The third-order valence-corrected chi connectivity index (χ3v) is 2.40. The normalized spacial score (nSPS) is 13.1. The molecule has 84 valence electrons. The van der Waals surface area contributed by atoms with E-state index in [0.717, 1.165) is 5.82 Å². The second-order valence-corrected chi connectivity index (χ2v) is 3.98. The van der Waals surface area contributed by atoms with Crippen LogP contribution in [0.2, 0.25) is 0 Å². The predicted molar refractivity (Wildman–Crippen MR) is 56.8 cm³/mol. The van der Waals surface area contributed by atoms with Crippen LogP contribution in [0.3, 0.4) is 0 Å². The first-order valence-corrected chi connectivity index (χ1v) is 4.96. The van der Waals surface area contributed by atoms with Gasteiger partial charge in [-0.3, -0.25) is 9.69 Å². The first kappa shape index (κ1) is 12.0. The highest BCUT2D eigenvalue weighted by Crippen LogP contribution is 2.03. The lowest BCUT2D eigenvalue weighted by atomic mass is 10.4. The minimum absolute atomic E-state index is 0.295. The maximum absolute atomic E-state index is 10.5. The maximum atomic E-state index is 10.5. The number of aryl methyl sites for hydroxylation is 1. The van der Waals surface area contributed by atoms with E-state index >= 15 is 0 Å². The minimum atomic E-state index is -0.997. The Morgan fingerprint density at radius 3 is 2.93 bits per heavy atom. The fourth-order valence-corrected chi connectivity index (χ4v) is 1.44. The fraction of sp³-hybridized carbons (Fsp3) is 0.556. The quantitative estimate of drug-likeness (QED) is 0.752. The van der Waals surface area contributed by atoms with Crippen LogP contribution < -0.4 is 0 Å². The molecule has 15 heavy (non-hydrogen) atoms. The molecule has 1 aromatic rings. The number of halogens is 1. The van der Waals surface area contributed by atoms with E-state index in [1.807, 2.05) is 29.8 Å². The molecular weight excluding hydrogens is 218 g/mol. The van der Waals surface area contributed by atoms with Gasteiger partial charge in [0, 0.05) is 26.0 Å². The molecule has 0 bridgehead atoms. The molecular formula is C9H14ClN3O2. The van der Waals surface area contributed by atoms with Crippen molar-refractivity contribution in [2.45, 2.75) is 11.9 Å². The molecule has 0 saturated carbocycles. The van der Waals surface area contributed by atoms with E-state index < -0.39 is 11.3 Å². The zero-order valence-corrected chi connectivity index (χ0v) is 9.48. The lowest BCUT2D eigenvalue weighted by molar-refractivity contribution is -0.136. The molecule has 0 saturated heterocycles. The summed E-state index contributed by atoms with van der Waals surface area (Å²) in [6.07, 6.45) is 3.55. The Morgan fingerprint density at radius 2 is 2.47 bits per heavy atom. The first-order chi connectivity index (χ1) is 7.00. The summed E-state index contributed by atoms with van der Waals surface area (Å²) in [7, 11) is 3.71. The number of hydrogen-bond acceptors (Lipinski definition) is 3. The maximum Gasteiger partial charge on any atom is 0.322 e. The van der Waals surface area contributed by atoms with Gasteiger partial charge in [0.25, 0.3) is 0 Å². The SMILES string of the molecule is CN(Cc1nccn1C)CC(Cl)C(=O)O. The molecule has 1 aromatic heterocycles. The molecule has 0 aromatic carbocycles. The van der Waals surface area contributed by atoms with Gasteiger partial charge in [0.05, 0.1) is 6.54 Å². The zero-order valence-electron chi connectivity index (χ0n) is 8.72. The Bertz CT molecular complexity index is 340. The molecule has 1 heterocycles. The van der Waals surface area contributed by atoms with Gasteiger partial charge >= 0.3 is 5.97 Å². The molecule has 1 N–H and O–H groups in total. The molecule has 0 aliphatic carbocycles. The van der Waals surface area contributed by atoms with Gasteiger partial charge in [-0.1, -0.05) is 0 Å². The van der Waals surface area contributed by atoms with Crippen molar-refractivity contribution < 1.29 is 9.90 Å². The van der Waals surface area contributed by atoms with Gasteiger partial charge in [0.1, 0.15) is 11.2 Å². The van der Waals surface area contributed by atoms with Gasteiger partial charge in [-0.2, -0.15) is 0 Å². The number of nitrogens with zero attached hydrogens (tertiary/aromatic N) is 3. The van der Waals surface area contributed by atoms with E-state index in [-0.39, 0.29) is 0 Å². The number of rotatable bonds is 5. The van der Waals surface area contributed by atoms with Crippen LogP contribution in [0.15, 0.2) is 12.4 Å². The third-order valence-electron chi connectivity index (χ3n) is 2.07. The largest absolute Gasteiger partial charge is 0.480 e. The Kier molecular flexibility index (Phi) is 4.11. The number of carboxylic acids is 1. The number of carboxylic acid groups (broad SMARTS) is 1. The minimum Gasteiger partial charge on any atom is -0.480 e. The Hall–Kier alpha value is -1.07. The van der Waals surface area contributed by atoms with Crippen molar-refractivity contribution in [3.05, 3.63) is 18.2 Å². The molecule has 0 fully saturated rings. The summed E-state index contributed by atoms with van der Waals surface area (Å²) in [4.78, 5) is 16.5. The van der Waals surface area contributed by atoms with Crippen molar-refractivity contribution in [1.82, 2.24) is 14.5 Å². The van der Waals surface area contributed by atoms with E-state index in [2.05, 4.69) is 4.98 Å². The summed E-state index contributed by atoms with van der Waals surface area (Å²) >= 11 is 5.62. The first-order valence-electron chi connectivity index (χ1n) is 4.52. The highest BCUT2D eigenvalue weighted by atomic mass is 35.5. The van der Waals surface area contributed by atoms with Crippen molar-refractivity contribution in [2.75, 3.05) is 13.6 Å². The van der Waals surface area contributed by atoms with Crippen LogP contribution in [0, 0.1) is 0 Å². The number of imidazole rings is 1. The number of carbonyl (C=O) groups is 1. The molecule has 5 nitrogen and oxygen atoms in total. The van der Waals surface area contributed by atoms with E-state index in [1.54, 1.807) is 6.20 Å². The molecule has 0 aliphatic rings. The average molecular weight is 232 g/mol. The second kappa shape index (κ2) is 5.14. The summed E-state index contributed by atoms with van der Waals surface area (Å²) in [5.41, 5.74) is 0. The topological polar surface area (TPSA) is 58.4 Å². The standard InChI is InChI=1S/C9H14ClN3O2/c1-12(5-7(10)9(14)15)6-8-11-3-4-13(8)2/h3-4,7H,5-6H2,1-2H3,(H,14,15). The van der Waals surface area contributed by atoms with Crippen molar-refractivity contribution in [3.8, 4) is 0 Å². The van der Waals surface area contributed by atoms with Gasteiger partial charge < -0.3 is 9.67 Å². The van der Waals surface area contributed by atoms with Crippen LogP contribution in [0.25, 0.3) is 0 Å². The van der Waals surface area contributed by atoms with Gasteiger partial charge in [-0.05, 0) is 7.05 Å². The number of alkyl halides is 1. The molecule has 1 unspecified atom stereocenters. The summed E-state index contributed by atoms with van der Waals surface area (Å²) in [6.45, 7) is 0.879. The van der Waals surface area contributed by atoms with Crippen molar-refractivity contribution >= 4 is 17.6 Å². The van der Waals surface area contributed by atoms with E-state index in [1.165, 1.54) is 0 Å². The summed E-state index contributed by atoms with van der Waals surface area (Å²) in [5.74, 6) is -0.116. The van der Waals surface area contributed by atoms with E-state index in [4.69, 9.17) is 16.7 Å². The molecule has 0 amide bonds. The van der Waals surface area contributed by atoms with Gasteiger partial charge in [-0.15, -0.1) is 11.6 Å². The number of hydrogen-bond donors (Lipinski definition) is 1. The van der Waals surface area contributed by atoms with Crippen LogP contribution in [-0.2, 0) is 18.4 Å². The smallest absolute Gasteiger partial charge is 0.322 e. The number of aliphatic carboxylic acids is 1. The molecule has 0 spiro atoms. The van der Waals surface area contributed by atoms with Gasteiger partial charge in [-0.25, -0.2) is 4.98 Å². The van der Waals surface area contributed by atoms with E-state index in [0.29, 0.717) is 13.1 Å². The van der Waals surface area contributed by atoms with Crippen LogP contribution >= 0.6 is 11.6 Å². The molecule has 1 rings (SSSR count). The van der Waals surface area contributed by atoms with Crippen LogP contribution in [0.5, 0.6) is 0 Å². The highest BCUT2D eigenvalue weighted by Gasteiger charge is 2.16. The van der Waals surface area contributed by atoms with Crippen LogP contribution in [-0.4, -0.2) is 44.5 Å². The summed E-state index contributed by atoms with van der Waals surface area (Å²) in [5, 5.41) is 7.75. The van der Waals surface area contributed by atoms with Crippen LogP contribution in [0.4, 0.5) is 0 Å². The lowest BCUT2D eigenvalue weighted by Crippen LogP contribution is -2.31. The monoisotopic (exact) mass is 231 g/mol. The Morgan fingerprint density at radius 1 is 1.80 bits per heavy atom. The van der Waals surface area contributed by atoms with Crippen molar-refractivity contribution in [2.24, 2.45) is 7.05 Å². The second-order valence-electron chi connectivity index (χ2n) is 3.46. The molecule has 0 radical (unpaired) electrons. The Balaban J connectivity index is 2.46. The molecule has 0 aliphatic heterocycles. The molecule has 6 heteroatoms. The average Bonchev–Trinajstić information content (AvgIpc) is 2.51. The Labute approximate surface area is 93.3 Å². The van der Waals surface area contributed by atoms with Crippen molar-refractivity contribution in [1.29, 1.82) is 0 Å². The van der Waals surface area contributed by atoms with Crippen LogP contribution in [0.1, 0.15) is 5.82 Å². The summed E-state index contributed by atoms with van der Waals surface area (Å²) in [6, 6.07) is 0. The third kappa shape index (κ3) is 3.53. The summed E-state index contributed by atoms with van der Waals surface area (Å²) < 4.78 is 1.89. The van der Waals surface area contributed by atoms with Gasteiger partial charge in [0.2, 0.25) is 0 Å². The molecule has 1 atom stereocenters. The van der Waals surface area contributed by atoms with E-state index in [9.17, 15) is 4.79 Å².